The molecule has 152 valence electrons. The van der Waals surface area contributed by atoms with Crippen LogP contribution in [0.25, 0.3) is 5.70 Å². The Bertz CT molecular complexity index is 882. The number of nitrogens with zero attached hydrogens (tertiary/aromatic N) is 3. The largest absolute Gasteiger partial charge is 0.458 e. The summed E-state index contributed by atoms with van der Waals surface area (Å²) in [5.74, 6) is -4.95. The quantitative estimate of drug-likeness (QED) is 0.335. The van der Waals surface area contributed by atoms with Crippen LogP contribution in [0.3, 0.4) is 0 Å². The van der Waals surface area contributed by atoms with E-state index < -0.39 is 23.6 Å². The molecule has 0 amide bonds. The Morgan fingerprint density at radius 3 is 2.39 bits per heavy atom. The second kappa shape index (κ2) is 8.02. The van der Waals surface area contributed by atoms with Crippen LogP contribution in [0.1, 0.15) is 23.7 Å². The summed E-state index contributed by atoms with van der Waals surface area (Å²) >= 11 is 1.40. The van der Waals surface area contributed by atoms with Crippen molar-refractivity contribution in [3.63, 3.8) is 0 Å². The molecule has 2 heterocycles. The molecule has 0 saturated carbocycles. The zero-order valence-corrected chi connectivity index (χ0v) is 16.1. The van der Waals surface area contributed by atoms with Crippen LogP contribution < -0.4 is 4.90 Å². The van der Waals surface area contributed by atoms with E-state index in [4.69, 9.17) is 0 Å². The SMILES string of the molecule is C=C(c1nc(F)ccc1SCC)N(C)c1ncc(C(F)(F)C(F)(F)F)cc1C. The third-order valence-electron chi connectivity index (χ3n) is 3.89. The molecule has 0 aliphatic rings. The molecule has 0 unspecified atom stereocenters. The van der Waals surface area contributed by atoms with Crippen molar-refractivity contribution in [1.29, 1.82) is 0 Å². The topological polar surface area (TPSA) is 29.0 Å². The van der Waals surface area contributed by atoms with Crippen molar-refractivity contribution < 1.29 is 26.3 Å². The minimum absolute atomic E-state index is 0.0752. The van der Waals surface area contributed by atoms with Gasteiger partial charge in [0.15, 0.2) is 0 Å². The average Bonchev–Trinajstić information content (AvgIpc) is 2.61. The highest BCUT2D eigenvalue weighted by Crippen LogP contribution is 2.44. The predicted octanol–water partition coefficient (Wildman–Crippen LogP) is 5.80. The molecule has 0 fully saturated rings. The average molecular weight is 421 g/mol. The van der Waals surface area contributed by atoms with Crippen LogP contribution >= 0.6 is 11.8 Å². The zero-order valence-electron chi connectivity index (χ0n) is 15.2. The Balaban J connectivity index is 2.41. The van der Waals surface area contributed by atoms with E-state index in [9.17, 15) is 26.3 Å². The highest BCUT2D eigenvalue weighted by atomic mass is 32.2. The van der Waals surface area contributed by atoms with Crippen molar-refractivity contribution in [1.82, 2.24) is 9.97 Å². The Morgan fingerprint density at radius 2 is 1.86 bits per heavy atom. The van der Waals surface area contributed by atoms with Crippen LogP contribution in [0.4, 0.5) is 32.2 Å². The number of aryl methyl sites for hydroxylation is 1. The molecule has 0 aromatic carbocycles. The fraction of sp³-hybridized carbons (Fsp3) is 0.333. The standard InChI is InChI=1S/C18H17F6N3S/c1-5-28-13-6-7-14(19)26-15(13)11(3)27(4)16-10(2)8-12(9-25-16)17(20,21)18(22,23)24/h6-9H,3,5H2,1-2,4H3. The lowest BCUT2D eigenvalue weighted by atomic mass is 10.1. The molecular formula is C18H17F6N3S. The second-order valence-electron chi connectivity index (χ2n) is 5.86. The number of hydrogen-bond donors (Lipinski definition) is 0. The lowest BCUT2D eigenvalue weighted by Gasteiger charge is -2.25. The van der Waals surface area contributed by atoms with Crippen LogP contribution in [0, 0.1) is 12.9 Å². The minimum atomic E-state index is -5.73. The molecule has 2 aromatic heterocycles. The van der Waals surface area contributed by atoms with Crippen molar-refractivity contribution >= 4 is 23.3 Å². The van der Waals surface area contributed by atoms with Gasteiger partial charge in [0.1, 0.15) is 11.5 Å². The highest BCUT2D eigenvalue weighted by Gasteiger charge is 2.59. The first kappa shape index (κ1) is 22.1. The smallest absolute Gasteiger partial charge is 0.328 e. The molecule has 0 radical (unpaired) electrons. The molecule has 0 aliphatic carbocycles. The molecule has 0 bridgehead atoms. The van der Waals surface area contributed by atoms with Gasteiger partial charge >= 0.3 is 12.1 Å². The second-order valence-corrected chi connectivity index (χ2v) is 7.16. The van der Waals surface area contributed by atoms with Crippen LogP contribution in [-0.4, -0.2) is 28.9 Å². The summed E-state index contributed by atoms with van der Waals surface area (Å²) in [6, 6.07) is 3.46. The number of rotatable bonds is 6. The van der Waals surface area contributed by atoms with Gasteiger partial charge in [0.05, 0.1) is 5.70 Å². The van der Waals surface area contributed by atoms with Gasteiger partial charge in [-0.2, -0.15) is 26.3 Å². The number of aromatic nitrogens is 2. The third-order valence-corrected chi connectivity index (χ3v) is 4.82. The Kier molecular flexibility index (Phi) is 6.32. The molecule has 28 heavy (non-hydrogen) atoms. The maximum Gasteiger partial charge on any atom is 0.458 e. The monoisotopic (exact) mass is 421 g/mol. The number of thioether (sulfide) groups is 1. The van der Waals surface area contributed by atoms with E-state index in [0.29, 0.717) is 16.8 Å². The number of halogens is 6. The van der Waals surface area contributed by atoms with Gasteiger partial charge in [-0.25, -0.2) is 9.97 Å². The van der Waals surface area contributed by atoms with Crippen molar-refractivity contribution in [2.75, 3.05) is 17.7 Å². The van der Waals surface area contributed by atoms with E-state index in [0.717, 1.165) is 6.07 Å². The molecule has 0 atom stereocenters. The molecule has 3 nitrogen and oxygen atoms in total. The van der Waals surface area contributed by atoms with Gasteiger partial charge < -0.3 is 4.90 Å². The first-order valence-corrected chi connectivity index (χ1v) is 9.02. The molecule has 0 saturated heterocycles. The van der Waals surface area contributed by atoms with Crippen molar-refractivity contribution in [3.8, 4) is 0 Å². The number of pyridine rings is 2. The molecule has 2 rings (SSSR count). The molecule has 0 N–H and O–H groups in total. The van der Waals surface area contributed by atoms with Crippen LogP contribution in [-0.2, 0) is 5.92 Å². The maximum absolute atomic E-state index is 13.6. The summed E-state index contributed by atoms with van der Waals surface area (Å²) < 4.78 is 78.4. The molecule has 2 aromatic rings. The van der Waals surface area contributed by atoms with E-state index in [-0.39, 0.29) is 22.8 Å². The Labute approximate surface area is 162 Å². The first-order chi connectivity index (χ1) is 12.9. The molecule has 0 spiro atoms. The lowest BCUT2D eigenvalue weighted by molar-refractivity contribution is -0.289. The van der Waals surface area contributed by atoms with E-state index in [1.807, 2.05) is 6.92 Å². The molecule has 10 heteroatoms. The number of anilines is 1. The van der Waals surface area contributed by atoms with Crippen molar-refractivity contribution in [3.05, 3.63) is 53.7 Å². The fourth-order valence-electron chi connectivity index (χ4n) is 2.44. The van der Waals surface area contributed by atoms with Crippen LogP contribution in [0.15, 0.2) is 35.9 Å². The zero-order chi connectivity index (χ0) is 21.3. The van der Waals surface area contributed by atoms with E-state index in [1.54, 1.807) is 0 Å². The normalized spacial score (nSPS) is 12.2. The minimum Gasteiger partial charge on any atom is -0.328 e. The van der Waals surface area contributed by atoms with E-state index in [2.05, 4.69) is 16.5 Å². The summed E-state index contributed by atoms with van der Waals surface area (Å²) in [5, 5.41) is 0. The van der Waals surface area contributed by atoms with Gasteiger partial charge in [-0.3, -0.25) is 0 Å². The van der Waals surface area contributed by atoms with Crippen LogP contribution in [0.5, 0.6) is 0 Å². The van der Waals surface area contributed by atoms with Crippen LogP contribution in [0.2, 0.25) is 0 Å². The van der Waals surface area contributed by atoms with Gasteiger partial charge in [0.25, 0.3) is 0 Å². The first-order valence-electron chi connectivity index (χ1n) is 8.04. The number of alkyl halides is 5. The fourth-order valence-corrected chi connectivity index (χ4v) is 3.22. The van der Waals surface area contributed by atoms with Gasteiger partial charge in [-0.05, 0) is 36.4 Å². The third kappa shape index (κ3) is 4.26. The number of hydrogen-bond acceptors (Lipinski definition) is 4. The van der Waals surface area contributed by atoms with E-state index >= 15 is 0 Å². The summed E-state index contributed by atoms with van der Waals surface area (Å²) in [7, 11) is 1.49. The summed E-state index contributed by atoms with van der Waals surface area (Å²) in [5.41, 5.74) is -0.723. The summed E-state index contributed by atoms with van der Waals surface area (Å²) in [6.45, 7) is 7.10. The van der Waals surface area contributed by atoms with Gasteiger partial charge in [0, 0.05) is 23.7 Å². The highest BCUT2D eigenvalue weighted by molar-refractivity contribution is 7.99. The van der Waals surface area contributed by atoms with E-state index in [1.165, 1.54) is 42.8 Å². The molecule has 0 aliphatic heterocycles. The van der Waals surface area contributed by atoms with Crippen molar-refractivity contribution in [2.24, 2.45) is 0 Å². The molecular weight excluding hydrogens is 404 g/mol. The maximum atomic E-state index is 13.6. The van der Waals surface area contributed by atoms with Crippen molar-refractivity contribution in [2.45, 2.75) is 30.8 Å². The Hall–Kier alpha value is -2.23. The lowest BCUT2D eigenvalue weighted by Crippen LogP contribution is -2.34. The summed E-state index contributed by atoms with van der Waals surface area (Å²) in [6.07, 6.45) is -5.25. The van der Waals surface area contributed by atoms with Gasteiger partial charge in [-0.15, -0.1) is 11.8 Å². The van der Waals surface area contributed by atoms with Gasteiger partial charge in [0.2, 0.25) is 5.95 Å². The van der Waals surface area contributed by atoms with Gasteiger partial charge in [-0.1, -0.05) is 13.5 Å². The Morgan fingerprint density at radius 1 is 1.21 bits per heavy atom. The summed E-state index contributed by atoms with van der Waals surface area (Å²) in [4.78, 5) is 9.61. The predicted molar refractivity (Wildman–Crippen MR) is 97.0 cm³/mol.